The fourth-order valence-corrected chi connectivity index (χ4v) is 3.97. The quantitative estimate of drug-likeness (QED) is 0.323. The number of anilines is 1. The number of hydrogen-bond donors (Lipinski definition) is 4. The first kappa shape index (κ1) is 20.9. The number of aromatic hydroxyl groups is 1. The van der Waals surface area contributed by atoms with E-state index >= 15 is 0 Å². The Labute approximate surface area is 187 Å². The largest absolute Gasteiger partial charge is 0.493 e. The number of hydrogen-bond acceptors (Lipinski definition) is 7. The molecule has 1 aliphatic rings. The fourth-order valence-electron chi connectivity index (χ4n) is 3.34. The number of nitrogens with one attached hydrogen (secondary N) is 3. The molecule has 0 atom stereocenters. The van der Waals surface area contributed by atoms with E-state index in [0.717, 1.165) is 12.8 Å². The summed E-state index contributed by atoms with van der Waals surface area (Å²) in [5.41, 5.74) is 2.49. The van der Waals surface area contributed by atoms with E-state index < -0.39 is 15.7 Å². The molecule has 0 amide bonds. The zero-order valence-electron chi connectivity index (χ0n) is 17.6. The normalized spacial score (nSPS) is 15.4. The maximum atomic E-state index is 12.0. The molecular weight excluding hydrogens is 446 g/mol. The van der Waals surface area contributed by atoms with Crippen LogP contribution in [0.3, 0.4) is 0 Å². The van der Waals surface area contributed by atoms with Crippen LogP contribution < -0.4 is 21.1 Å². The first-order valence-corrected chi connectivity index (χ1v) is 12.0. The van der Waals surface area contributed by atoms with E-state index in [0.29, 0.717) is 33.3 Å². The van der Waals surface area contributed by atoms with Crippen LogP contribution in [0.15, 0.2) is 46.3 Å². The molecule has 170 valence electrons. The van der Waals surface area contributed by atoms with Crippen LogP contribution >= 0.6 is 0 Å². The number of aromatic amines is 2. The molecule has 33 heavy (non-hydrogen) atoms. The third kappa shape index (κ3) is 4.37. The number of nitrogens with zero attached hydrogens (tertiary/aromatic N) is 4. The summed E-state index contributed by atoms with van der Waals surface area (Å²) in [6.45, 7) is 1.57. The van der Waals surface area contributed by atoms with Gasteiger partial charge in [-0.15, -0.1) is 0 Å². The standard InChI is InChI=1S/C21H21N7O4S/c1-2-33(31,32)27-15-5-3-4-12(8-15)16-10-18(23-14-6-7-14)28-19(24-16)13(11-22-28)9-17-20(29)26-21(30)25-17/h3-5,8-11,14,27,29H,2,6-7H2,1H3,(H2,25,26,30)/b13-9+,23-18?. The van der Waals surface area contributed by atoms with Gasteiger partial charge in [0, 0.05) is 22.5 Å². The molecule has 5 rings (SSSR count). The van der Waals surface area contributed by atoms with Gasteiger partial charge < -0.3 is 10.1 Å². The summed E-state index contributed by atoms with van der Waals surface area (Å²) in [6, 6.07) is 9.01. The number of rotatable bonds is 6. The monoisotopic (exact) mass is 467 g/mol. The van der Waals surface area contributed by atoms with Crippen molar-refractivity contribution in [1.29, 1.82) is 0 Å². The van der Waals surface area contributed by atoms with Crippen LogP contribution in [-0.4, -0.2) is 49.9 Å². The molecule has 11 nitrogen and oxygen atoms in total. The Morgan fingerprint density at radius 1 is 1.30 bits per heavy atom. The SMILES string of the molecule is CCS(=O)(=O)Nc1cccc(-c2cc(=NC3CC3)n3nc/c(=C\c4[nH]c(=O)[nH]c4O)c3n2)c1. The Morgan fingerprint density at radius 2 is 2.12 bits per heavy atom. The molecule has 0 spiro atoms. The molecule has 3 heterocycles. The predicted molar refractivity (Wildman–Crippen MR) is 122 cm³/mol. The zero-order chi connectivity index (χ0) is 23.2. The summed E-state index contributed by atoms with van der Waals surface area (Å²) in [4.78, 5) is 25.7. The average Bonchev–Trinajstić information content (AvgIpc) is 3.41. The van der Waals surface area contributed by atoms with Gasteiger partial charge in [0.25, 0.3) is 0 Å². The summed E-state index contributed by atoms with van der Waals surface area (Å²) in [5, 5.41) is 14.9. The van der Waals surface area contributed by atoms with Gasteiger partial charge in [0.05, 0.1) is 23.7 Å². The van der Waals surface area contributed by atoms with Crippen LogP contribution in [-0.2, 0) is 10.0 Å². The number of benzene rings is 1. The van der Waals surface area contributed by atoms with Crippen molar-refractivity contribution in [3.63, 3.8) is 0 Å². The lowest BCUT2D eigenvalue weighted by Crippen LogP contribution is -2.19. The highest BCUT2D eigenvalue weighted by Gasteiger charge is 2.20. The second-order valence-electron chi connectivity index (χ2n) is 7.77. The molecule has 3 aromatic heterocycles. The highest BCUT2D eigenvalue weighted by molar-refractivity contribution is 7.92. The van der Waals surface area contributed by atoms with Gasteiger partial charge in [-0.2, -0.15) is 9.61 Å². The van der Waals surface area contributed by atoms with Crippen molar-refractivity contribution >= 4 is 27.4 Å². The summed E-state index contributed by atoms with van der Waals surface area (Å²) in [5.74, 6) is -0.316. The summed E-state index contributed by atoms with van der Waals surface area (Å²) in [7, 11) is -3.42. The van der Waals surface area contributed by atoms with Crippen molar-refractivity contribution in [2.75, 3.05) is 10.5 Å². The van der Waals surface area contributed by atoms with Gasteiger partial charge in [-0.1, -0.05) is 12.1 Å². The number of fused-ring (bicyclic) bond motifs is 1. The topological polar surface area (TPSA) is 158 Å². The van der Waals surface area contributed by atoms with Gasteiger partial charge in [0.2, 0.25) is 15.9 Å². The molecule has 1 fully saturated rings. The van der Waals surface area contributed by atoms with Crippen molar-refractivity contribution in [2.24, 2.45) is 4.99 Å². The van der Waals surface area contributed by atoms with Crippen LogP contribution in [0.5, 0.6) is 5.88 Å². The first-order chi connectivity index (χ1) is 15.8. The Morgan fingerprint density at radius 3 is 2.82 bits per heavy atom. The van der Waals surface area contributed by atoms with Crippen molar-refractivity contribution in [2.45, 2.75) is 25.8 Å². The Balaban J connectivity index is 1.69. The van der Waals surface area contributed by atoms with Crippen LogP contribution in [0.1, 0.15) is 25.5 Å². The fraction of sp³-hybridized carbons (Fsp3) is 0.238. The number of sulfonamides is 1. The molecule has 0 aliphatic heterocycles. The molecular formula is C21H21N7O4S. The highest BCUT2D eigenvalue weighted by atomic mass is 32.2. The van der Waals surface area contributed by atoms with Crippen molar-refractivity contribution in [1.82, 2.24) is 24.6 Å². The molecule has 0 bridgehead atoms. The lowest BCUT2D eigenvalue weighted by molar-refractivity contribution is 0.454. The van der Waals surface area contributed by atoms with Crippen LogP contribution in [0.2, 0.25) is 0 Å². The maximum absolute atomic E-state index is 12.0. The Bertz CT molecular complexity index is 1650. The molecule has 0 unspecified atom stereocenters. The van der Waals surface area contributed by atoms with Crippen LogP contribution in [0.25, 0.3) is 23.0 Å². The smallest absolute Gasteiger partial charge is 0.326 e. The van der Waals surface area contributed by atoms with E-state index in [1.54, 1.807) is 41.9 Å². The van der Waals surface area contributed by atoms with Crippen LogP contribution in [0, 0.1) is 0 Å². The lowest BCUT2D eigenvalue weighted by atomic mass is 10.1. The molecule has 12 heteroatoms. The molecule has 1 aliphatic carbocycles. The van der Waals surface area contributed by atoms with E-state index in [-0.39, 0.29) is 23.4 Å². The van der Waals surface area contributed by atoms with E-state index in [4.69, 9.17) is 9.98 Å². The average molecular weight is 468 g/mol. The van der Waals surface area contributed by atoms with Gasteiger partial charge in [-0.3, -0.25) is 14.7 Å². The minimum atomic E-state index is -3.42. The third-order valence-corrected chi connectivity index (χ3v) is 6.50. The van der Waals surface area contributed by atoms with Crippen molar-refractivity contribution < 1.29 is 13.5 Å². The second kappa shape index (κ2) is 7.89. The third-order valence-electron chi connectivity index (χ3n) is 5.19. The van der Waals surface area contributed by atoms with E-state index in [2.05, 4.69) is 19.8 Å². The van der Waals surface area contributed by atoms with Gasteiger partial charge in [0.15, 0.2) is 11.1 Å². The zero-order valence-corrected chi connectivity index (χ0v) is 18.4. The summed E-state index contributed by atoms with van der Waals surface area (Å²) >= 11 is 0. The van der Waals surface area contributed by atoms with Crippen LogP contribution in [0.4, 0.5) is 5.69 Å². The maximum Gasteiger partial charge on any atom is 0.326 e. The van der Waals surface area contributed by atoms with Gasteiger partial charge in [-0.05, 0) is 38.0 Å². The number of H-pyrrole nitrogens is 2. The lowest BCUT2D eigenvalue weighted by Gasteiger charge is -2.08. The number of imidazole rings is 1. The molecule has 4 N–H and O–H groups in total. The first-order valence-electron chi connectivity index (χ1n) is 10.4. The Hall–Kier alpha value is -3.93. The molecule has 1 aromatic carbocycles. The minimum Gasteiger partial charge on any atom is -0.493 e. The van der Waals surface area contributed by atoms with Gasteiger partial charge >= 0.3 is 5.69 Å². The van der Waals surface area contributed by atoms with E-state index in [9.17, 15) is 18.3 Å². The van der Waals surface area contributed by atoms with Gasteiger partial charge in [0.1, 0.15) is 5.69 Å². The van der Waals surface area contributed by atoms with Crippen molar-refractivity contribution in [3.05, 3.63) is 63.4 Å². The molecule has 1 saturated carbocycles. The number of aromatic nitrogens is 5. The summed E-state index contributed by atoms with van der Waals surface area (Å²) < 4.78 is 28.1. The molecule has 4 aromatic rings. The molecule has 0 saturated heterocycles. The van der Waals surface area contributed by atoms with Gasteiger partial charge in [-0.25, -0.2) is 18.2 Å². The van der Waals surface area contributed by atoms with Crippen molar-refractivity contribution in [3.8, 4) is 17.1 Å². The summed E-state index contributed by atoms with van der Waals surface area (Å²) in [6.07, 6.45) is 5.16. The minimum absolute atomic E-state index is 0.0328. The molecule has 0 radical (unpaired) electrons. The second-order valence-corrected chi connectivity index (χ2v) is 9.78. The predicted octanol–water partition coefficient (Wildman–Crippen LogP) is 0.491. The Kier molecular flexibility index (Phi) is 5.01. The van der Waals surface area contributed by atoms with E-state index in [1.807, 2.05) is 12.1 Å². The van der Waals surface area contributed by atoms with E-state index in [1.165, 1.54) is 0 Å². The highest BCUT2D eigenvalue weighted by Crippen LogP contribution is 2.24.